The standard InChI is InChI=1S/C13H16N4/c1-10-4-6-11(7-5-10)9-17-13(15-3)12(14-2)8-16-17/h4-8,15H,2,9H2,1,3H3. The average Bonchev–Trinajstić information content (AvgIpc) is 2.74. The van der Waals surface area contributed by atoms with Crippen molar-refractivity contribution in [3.8, 4) is 0 Å². The second kappa shape index (κ2) is 4.82. The summed E-state index contributed by atoms with van der Waals surface area (Å²) in [5.74, 6) is 0.889. The molecule has 88 valence electrons. The zero-order valence-corrected chi connectivity index (χ0v) is 10.1. The first kappa shape index (κ1) is 11.4. The summed E-state index contributed by atoms with van der Waals surface area (Å²) in [4.78, 5) is 3.92. The number of aliphatic imine (C=N–C) groups is 1. The van der Waals surface area contributed by atoms with Crippen molar-refractivity contribution in [3.05, 3.63) is 41.6 Å². The van der Waals surface area contributed by atoms with Crippen LogP contribution in [-0.2, 0) is 6.54 Å². The van der Waals surface area contributed by atoms with Gasteiger partial charge in [-0.05, 0) is 19.2 Å². The van der Waals surface area contributed by atoms with E-state index in [0.29, 0.717) is 0 Å². The maximum absolute atomic E-state index is 4.30. The van der Waals surface area contributed by atoms with Crippen molar-refractivity contribution >= 4 is 18.2 Å². The topological polar surface area (TPSA) is 42.2 Å². The van der Waals surface area contributed by atoms with Gasteiger partial charge in [0, 0.05) is 7.05 Å². The molecule has 0 spiro atoms. The van der Waals surface area contributed by atoms with E-state index in [1.54, 1.807) is 6.20 Å². The second-order valence-corrected chi connectivity index (χ2v) is 3.93. The van der Waals surface area contributed by atoms with Crippen LogP contribution in [0.25, 0.3) is 0 Å². The van der Waals surface area contributed by atoms with Crippen LogP contribution in [0.4, 0.5) is 11.5 Å². The summed E-state index contributed by atoms with van der Waals surface area (Å²) in [5, 5.41) is 7.39. The molecule has 0 fully saturated rings. The van der Waals surface area contributed by atoms with Gasteiger partial charge in [-0.2, -0.15) is 5.10 Å². The van der Waals surface area contributed by atoms with Crippen LogP contribution in [0.3, 0.4) is 0 Å². The van der Waals surface area contributed by atoms with Gasteiger partial charge in [0.05, 0.1) is 12.7 Å². The summed E-state index contributed by atoms with van der Waals surface area (Å²) in [6.45, 7) is 6.34. The first-order valence-corrected chi connectivity index (χ1v) is 5.50. The molecule has 4 heteroatoms. The number of nitrogens with zero attached hydrogens (tertiary/aromatic N) is 3. The van der Waals surface area contributed by atoms with Gasteiger partial charge in [0.15, 0.2) is 5.82 Å². The fourth-order valence-corrected chi connectivity index (χ4v) is 1.73. The number of benzene rings is 1. The molecule has 0 aliphatic heterocycles. The minimum absolute atomic E-state index is 0.728. The Balaban J connectivity index is 2.26. The summed E-state index contributed by atoms with van der Waals surface area (Å²) < 4.78 is 1.88. The number of rotatable bonds is 4. The molecule has 0 bridgehead atoms. The van der Waals surface area contributed by atoms with Gasteiger partial charge in [-0.3, -0.25) is 4.99 Å². The lowest BCUT2D eigenvalue weighted by atomic mass is 10.1. The van der Waals surface area contributed by atoms with Gasteiger partial charge in [-0.15, -0.1) is 0 Å². The van der Waals surface area contributed by atoms with Crippen LogP contribution in [0, 0.1) is 6.92 Å². The SMILES string of the molecule is C=Nc1cnn(Cc2ccc(C)cc2)c1NC. The quantitative estimate of drug-likeness (QED) is 0.817. The van der Waals surface area contributed by atoms with E-state index in [9.17, 15) is 0 Å². The van der Waals surface area contributed by atoms with E-state index in [1.807, 2.05) is 11.7 Å². The fraction of sp³-hybridized carbons (Fsp3) is 0.231. The van der Waals surface area contributed by atoms with Crippen molar-refractivity contribution in [2.24, 2.45) is 4.99 Å². The van der Waals surface area contributed by atoms with Crippen LogP contribution in [0.5, 0.6) is 0 Å². The molecule has 0 radical (unpaired) electrons. The largest absolute Gasteiger partial charge is 0.372 e. The van der Waals surface area contributed by atoms with E-state index in [2.05, 4.69) is 53.3 Å². The van der Waals surface area contributed by atoms with E-state index in [1.165, 1.54) is 11.1 Å². The van der Waals surface area contributed by atoms with Crippen LogP contribution in [0.1, 0.15) is 11.1 Å². The van der Waals surface area contributed by atoms with Crippen LogP contribution >= 0.6 is 0 Å². The molecule has 1 aromatic heterocycles. The molecular weight excluding hydrogens is 212 g/mol. The molecule has 2 rings (SSSR count). The number of hydrogen-bond acceptors (Lipinski definition) is 3. The third kappa shape index (κ3) is 2.36. The molecule has 1 N–H and O–H groups in total. The van der Waals surface area contributed by atoms with Crippen molar-refractivity contribution in [3.63, 3.8) is 0 Å². The number of nitrogens with one attached hydrogen (secondary N) is 1. The zero-order valence-electron chi connectivity index (χ0n) is 10.1. The Morgan fingerprint density at radius 3 is 2.65 bits per heavy atom. The number of anilines is 1. The van der Waals surface area contributed by atoms with Gasteiger partial charge in [0.1, 0.15) is 5.69 Å². The van der Waals surface area contributed by atoms with Crippen molar-refractivity contribution in [2.45, 2.75) is 13.5 Å². The number of hydrogen-bond donors (Lipinski definition) is 1. The minimum Gasteiger partial charge on any atom is -0.372 e. The van der Waals surface area contributed by atoms with Gasteiger partial charge in [0.2, 0.25) is 0 Å². The lowest BCUT2D eigenvalue weighted by Gasteiger charge is -2.07. The summed E-state index contributed by atoms with van der Waals surface area (Å²) in [7, 11) is 1.86. The molecule has 4 nitrogen and oxygen atoms in total. The maximum Gasteiger partial charge on any atom is 0.150 e. The molecule has 0 saturated heterocycles. The van der Waals surface area contributed by atoms with Crippen molar-refractivity contribution in [1.82, 2.24) is 9.78 Å². The minimum atomic E-state index is 0.728. The molecular formula is C13H16N4. The van der Waals surface area contributed by atoms with Gasteiger partial charge < -0.3 is 5.32 Å². The highest BCUT2D eigenvalue weighted by atomic mass is 15.3. The highest BCUT2D eigenvalue weighted by molar-refractivity contribution is 5.62. The smallest absolute Gasteiger partial charge is 0.150 e. The summed E-state index contributed by atoms with van der Waals surface area (Å²) in [6.07, 6.45) is 1.72. The Morgan fingerprint density at radius 1 is 1.35 bits per heavy atom. The van der Waals surface area contributed by atoms with Crippen LogP contribution in [0.2, 0.25) is 0 Å². The van der Waals surface area contributed by atoms with Crippen molar-refractivity contribution in [1.29, 1.82) is 0 Å². The zero-order chi connectivity index (χ0) is 12.3. The van der Waals surface area contributed by atoms with E-state index >= 15 is 0 Å². The van der Waals surface area contributed by atoms with Gasteiger partial charge >= 0.3 is 0 Å². The molecule has 2 aromatic rings. The Bertz CT molecular complexity index is 511. The van der Waals surface area contributed by atoms with Crippen molar-refractivity contribution in [2.75, 3.05) is 12.4 Å². The van der Waals surface area contributed by atoms with Crippen molar-refractivity contribution < 1.29 is 0 Å². The lowest BCUT2D eigenvalue weighted by Crippen LogP contribution is -2.05. The molecule has 0 atom stereocenters. The maximum atomic E-state index is 4.30. The molecule has 17 heavy (non-hydrogen) atoms. The first-order valence-electron chi connectivity index (χ1n) is 5.50. The number of aryl methyl sites for hydroxylation is 1. The predicted octanol–water partition coefficient (Wildman–Crippen LogP) is 2.61. The Kier molecular flexibility index (Phi) is 3.23. The third-order valence-corrected chi connectivity index (χ3v) is 2.68. The molecule has 0 aliphatic rings. The Morgan fingerprint density at radius 2 is 2.06 bits per heavy atom. The van der Waals surface area contributed by atoms with Gasteiger partial charge in [-0.1, -0.05) is 29.8 Å². The Labute approximate surface area is 101 Å². The van der Waals surface area contributed by atoms with E-state index < -0.39 is 0 Å². The highest BCUT2D eigenvalue weighted by Crippen LogP contribution is 2.23. The molecule has 0 unspecified atom stereocenters. The average molecular weight is 228 g/mol. The van der Waals surface area contributed by atoms with E-state index in [4.69, 9.17) is 0 Å². The van der Waals surface area contributed by atoms with Gasteiger partial charge in [-0.25, -0.2) is 4.68 Å². The van der Waals surface area contributed by atoms with E-state index in [-0.39, 0.29) is 0 Å². The molecule has 0 amide bonds. The Hall–Kier alpha value is -2.10. The van der Waals surface area contributed by atoms with Crippen LogP contribution in [-0.4, -0.2) is 23.5 Å². The molecule has 0 aliphatic carbocycles. The normalized spacial score (nSPS) is 10.2. The fourth-order valence-electron chi connectivity index (χ4n) is 1.73. The van der Waals surface area contributed by atoms with Crippen LogP contribution in [0.15, 0.2) is 35.5 Å². The molecule has 1 aromatic carbocycles. The highest BCUT2D eigenvalue weighted by Gasteiger charge is 2.07. The lowest BCUT2D eigenvalue weighted by molar-refractivity contribution is 0.694. The summed E-state index contributed by atoms with van der Waals surface area (Å²) >= 11 is 0. The first-order chi connectivity index (χ1) is 8.24. The third-order valence-electron chi connectivity index (χ3n) is 2.68. The van der Waals surface area contributed by atoms with Crippen LogP contribution < -0.4 is 5.32 Å². The molecule has 0 saturated carbocycles. The second-order valence-electron chi connectivity index (χ2n) is 3.93. The van der Waals surface area contributed by atoms with E-state index in [0.717, 1.165) is 18.1 Å². The number of aromatic nitrogens is 2. The monoisotopic (exact) mass is 228 g/mol. The summed E-state index contributed by atoms with van der Waals surface area (Å²) in [5.41, 5.74) is 3.25. The predicted molar refractivity (Wildman–Crippen MR) is 71.3 cm³/mol. The molecule has 1 heterocycles. The van der Waals surface area contributed by atoms with Gasteiger partial charge in [0.25, 0.3) is 0 Å². The summed E-state index contributed by atoms with van der Waals surface area (Å²) in [6, 6.07) is 8.42.